The second-order valence-electron chi connectivity index (χ2n) is 7.08. The summed E-state index contributed by atoms with van der Waals surface area (Å²) in [6, 6.07) is 17.4. The Morgan fingerprint density at radius 1 is 1.12 bits per heavy atom. The maximum Gasteiger partial charge on any atom is 0.225 e. The molecule has 1 N–H and O–H groups in total. The average molecular weight is 503 g/mol. The van der Waals surface area contributed by atoms with Crippen molar-refractivity contribution in [3.05, 3.63) is 91.9 Å². The van der Waals surface area contributed by atoms with E-state index in [0.717, 1.165) is 10.6 Å². The van der Waals surface area contributed by atoms with Crippen molar-refractivity contribution < 1.29 is 4.79 Å². The Kier molecular flexibility index (Phi) is 7.52. The second kappa shape index (κ2) is 10.5. The van der Waals surface area contributed by atoms with Crippen LogP contribution in [0, 0.1) is 6.92 Å². The van der Waals surface area contributed by atoms with Crippen LogP contribution in [0.5, 0.6) is 0 Å². The van der Waals surface area contributed by atoms with E-state index in [1.54, 1.807) is 41.3 Å². The number of amides is 1. The largest absolute Gasteiger partial charge is 0.348 e. The predicted molar refractivity (Wildman–Crippen MR) is 132 cm³/mol. The Morgan fingerprint density at radius 3 is 2.75 bits per heavy atom. The molecule has 2 aromatic carbocycles. The van der Waals surface area contributed by atoms with Gasteiger partial charge < -0.3 is 5.32 Å². The Labute approximate surface area is 204 Å². The summed E-state index contributed by atoms with van der Waals surface area (Å²) in [6.45, 7) is 2.31. The van der Waals surface area contributed by atoms with Gasteiger partial charge in [0.25, 0.3) is 0 Å². The standard InChI is InChI=1S/C23H20Cl2N4OS2/c1-15-5-2-3-6-16(15)14-32-23-28-27-21(13-26-22(30)12-18-7-4-10-31-18)29(23)20-11-17(24)8-9-19(20)25/h2-11H,12-14H2,1H3,(H,26,30). The lowest BCUT2D eigenvalue weighted by Crippen LogP contribution is -2.26. The summed E-state index contributed by atoms with van der Waals surface area (Å²) < 4.78 is 1.86. The maximum absolute atomic E-state index is 12.4. The zero-order valence-corrected chi connectivity index (χ0v) is 20.4. The second-order valence-corrected chi connectivity index (χ2v) is 9.90. The fraction of sp³-hybridized carbons (Fsp3) is 0.174. The number of thioether (sulfide) groups is 1. The van der Waals surface area contributed by atoms with Gasteiger partial charge in [-0.15, -0.1) is 21.5 Å². The number of nitrogens with one attached hydrogen (secondary N) is 1. The van der Waals surface area contributed by atoms with Crippen LogP contribution in [-0.4, -0.2) is 20.7 Å². The summed E-state index contributed by atoms with van der Waals surface area (Å²) in [7, 11) is 0. The Bertz CT molecular complexity index is 1220. The van der Waals surface area contributed by atoms with E-state index < -0.39 is 0 Å². The van der Waals surface area contributed by atoms with E-state index in [0.29, 0.717) is 33.1 Å². The summed E-state index contributed by atoms with van der Waals surface area (Å²) >= 11 is 15.9. The molecule has 0 saturated carbocycles. The first-order chi connectivity index (χ1) is 15.5. The van der Waals surface area contributed by atoms with Gasteiger partial charge in [0.05, 0.1) is 23.7 Å². The summed E-state index contributed by atoms with van der Waals surface area (Å²) in [6.07, 6.45) is 0.332. The molecule has 0 aliphatic rings. The number of aromatic nitrogens is 3. The Balaban J connectivity index is 1.59. The molecule has 0 saturated heterocycles. The zero-order chi connectivity index (χ0) is 22.5. The SMILES string of the molecule is Cc1ccccc1CSc1nnc(CNC(=O)Cc2cccs2)n1-c1cc(Cl)ccc1Cl. The molecule has 5 nitrogen and oxygen atoms in total. The highest BCUT2D eigenvalue weighted by Crippen LogP contribution is 2.31. The molecule has 0 radical (unpaired) electrons. The van der Waals surface area contributed by atoms with Crippen LogP contribution in [-0.2, 0) is 23.5 Å². The predicted octanol–water partition coefficient (Wildman–Crippen LogP) is 6.10. The van der Waals surface area contributed by atoms with E-state index in [1.807, 2.05) is 34.2 Å². The Morgan fingerprint density at radius 2 is 1.97 bits per heavy atom. The van der Waals surface area contributed by atoms with Gasteiger partial charge in [-0.3, -0.25) is 9.36 Å². The van der Waals surface area contributed by atoms with Crippen molar-refractivity contribution >= 4 is 52.2 Å². The molecule has 2 heterocycles. The molecule has 0 spiro atoms. The van der Waals surface area contributed by atoms with Crippen LogP contribution >= 0.6 is 46.3 Å². The minimum atomic E-state index is -0.0756. The first kappa shape index (κ1) is 22.9. The van der Waals surface area contributed by atoms with Gasteiger partial charge in [-0.05, 0) is 47.7 Å². The van der Waals surface area contributed by atoms with E-state index in [4.69, 9.17) is 23.2 Å². The van der Waals surface area contributed by atoms with Crippen molar-refractivity contribution in [2.75, 3.05) is 0 Å². The molecule has 4 rings (SSSR count). The van der Waals surface area contributed by atoms with Gasteiger partial charge in [0, 0.05) is 15.7 Å². The third-order valence-electron chi connectivity index (χ3n) is 4.83. The highest BCUT2D eigenvalue weighted by atomic mass is 35.5. The van der Waals surface area contributed by atoms with E-state index in [1.165, 1.54) is 11.1 Å². The number of thiophene rings is 1. The quantitative estimate of drug-likeness (QED) is 0.296. The van der Waals surface area contributed by atoms with Gasteiger partial charge in [0.2, 0.25) is 5.91 Å². The lowest BCUT2D eigenvalue weighted by atomic mass is 10.1. The van der Waals surface area contributed by atoms with Gasteiger partial charge in [-0.1, -0.05) is 65.3 Å². The number of benzene rings is 2. The molecule has 4 aromatic rings. The number of hydrogen-bond acceptors (Lipinski definition) is 5. The highest BCUT2D eigenvalue weighted by molar-refractivity contribution is 7.98. The molecule has 0 aliphatic heterocycles. The third-order valence-corrected chi connectivity index (χ3v) is 7.23. The minimum absolute atomic E-state index is 0.0756. The fourth-order valence-electron chi connectivity index (χ4n) is 3.13. The lowest BCUT2D eigenvalue weighted by Gasteiger charge is -2.13. The van der Waals surface area contributed by atoms with Crippen molar-refractivity contribution in [3.63, 3.8) is 0 Å². The molecule has 1 amide bonds. The monoisotopic (exact) mass is 502 g/mol. The number of carbonyl (C=O) groups excluding carboxylic acids is 1. The van der Waals surface area contributed by atoms with Gasteiger partial charge >= 0.3 is 0 Å². The first-order valence-electron chi connectivity index (χ1n) is 9.87. The van der Waals surface area contributed by atoms with Crippen molar-refractivity contribution in [2.45, 2.75) is 30.8 Å². The zero-order valence-electron chi connectivity index (χ0n) is 17.2. The summed E-state index contributed by atoms with van der Waals surface area (Å²) in [5.74, 6) is 1.24. The van der Waals surface area contributed by atoms with E-state index >= 15 is 0 Å². The molecular formula is C23H20Cl2N4OS2. The minimum Gasteiger partial charge on any atom is -0.348 e. The number of carbonyl (C=O) groups is 1. The van der Waals surface area contributed by atoms with Crippen LogP contribution in [0.3, 0.4) is 0 Å². The smallest absolute Gasteiger partial charge is 0.225 e. The van der Waals surface area contributed by atoms with Gasteiger partial charge in [-0.25, -0.2) is 0 Å². The molecule has 164 valence electrons. The molecule has 9 heteroatoms. The molecule has 0 aliphatic carbocycles. The normalized spacial score (nSPS) is 11.0. The number of aryl methyl sites for hydroxylation is 1. The molecule has 0 fully saturated rings. The van der Waals surface area contributed by atoms with Gasteiger partial charge in [0.15, 0.2) is 11.0 Å². The molecular weight excluding hydrogens is 483 g/mol. The first-order valence-corrected chi connectivity index (χ1v) is 12.5. The van der Waals surface area contributed by atoms with Gasteiger partial charge in [-0.2, -0.15) is 0 Å². The summed E-state index contributed by atoms with van der Waals surface area (Å²) in [5, 5.41) is 15.4. The van der Waals surface area contributed by atoms with Gasteiger partial charge in [0.1, 0.15) is 0 Å². The Hall–Kier alpha value is -2.32. The number of halogens is 2. The maximum atomic E-state index is 12.4. The molecule has 0 unspecified atom stereocenters. The summed E-state index contributed by atoms with van der Waals surface area (Å²) in [5.41, 5.74) is 3.11. The lowest BCUT2D eigenvalue weighted by molar-refractivity contribution is -0.120. The molecule has 0 bridgehead atoms. The van der Waals surface area contributed by atoms with Crippen molar-refractivity contribution in [1.29, 1.82) is 0 Å². The van der Waals surface area contributed by atoms with E-state index in [9.17, 15) is 4.79 Å². The molecule has 0 atom stereocenters. The van der Waals surface area contributed by atoms with Crippen molar-refractivity contribution in [3.8, 4) is 5.69 Å². The number of nitrogens with zero attached hydrogens (tertiary/aromatic N) is 3. The van der Waals surface area contributed by atoms with Crippen LogP contribution in [0.2, 0.25) is 10.0 Å². The highest BCUT2D eigenvalue weighted by Gasteiger charge is 2.18. The summed E-state index contributed by atoms with van der Waals surface area (Å²) in [4.78, 5) is 13.4. The topological polar surface area (TPSA) is 59.8 Å². The fourth-order valence-corrected chi connectivity index (χ4v) is 5.25. The number of hydrogen-bond donors (Lipinski definition) is 1. The van der Waals surface area contributed by atoms with Crippen LogP contribution in [0.15, 0.2) is 65.1 Å². The van der Waals surface area contributed by atoms with Crippen LogP contribution in [0.1, 0.15) is 21.8 Å². The van der Waals surface area contributed by atoms with E-state index in [2.05, 4.69) is 34.6 Å². The molecule has 2 aromatic heterocycles. The van der Waals surface area contributed by atoms with Crippen LogP contribution in [0.25, 0.3) is 5.69 Å². The third kappa shape index (κ3) is 5.53. The average Bonchev–Trinajstić information content (AvgIpc) is 3.43. The van der Waals surface area contributed by atoms with Crippen molar-refractivity contribution in [1.82, 2.24) is 20.1 Å². The van der Waals surface area contributed by atoms with Crippen LogP contribution in [0.4, 0.5) is 0 Å². The van der Waals surface area contributed by atoms with E-state index in [-0.39, 0.29) is 12.5 Å². The van der Waals surface area contributed by atoms with Crippen LogP contribution < -0.4 is 5.32 Å². The number of rotatable bonds is 8. The molecule has 32 heavy (non-hydrogen) atoms. The van der Waals surface area contributed by atoms with Crippen molar-refractivity contribution in [2.24, 2.45) is 0 Å².